The Morgan fingerprint density at radius 1 is 0.392 bits per heavy atom. The fourth-order valence-corrected chi connectivity index (χ4v) is 12.8. The second-order valence-electron chi connectivity index (χ2n) is 20.0. The zero-order valence-electron chi connectivity index (χ0n) is 40.7. The molecular weight excluding hydrogens is 905 g/mol. The third-order valence-electron chi connectivity index (χ3n) is 15.8. The molecular formula is C68H46N4O2. The Bertz CT molecular complexity index is 4310. The normalized spacial score (nSPS) is 13.8. The van der Waals surface area contributed by atoms with Crippen molar-refractivity contribution in [2.75, 3.05) is 9.80 Å². The summed E-state index contributed by atoms with van der Waals surface area (Å²) < 4.78 is 13.0. The first-order chi connectivity index (χ1) is 36.5. The number of anilines is 6. The number of hydrogen-bond donors (Lipinski definition) is 0. The minimum atomic E-state index is -0.689. The van der Waals surface area contributed by atoms with Crippen LogP contribution in [0.25, 0.3) is 66.4 Å². The smallest absolute Gasteiger partial charge is 0.227 e. The van der Waals surface area contributed by atoms with Gasteiger partial charge in [0.15, 0.2) is 0 Å². The van der Waals surface area contributed by atoms with Crippen molar-refractivity contribution in [3.63, 3.8) is 0 Å². The summed E-state index contributed by atoms with van der Waals surface area (Å²) in [6, 6.07) is 83.6. The van der Waals surface area contributed by atoms with E-state index in [9.17, 15) is 0 Å². The number of hydrogen-bond acceptors (Lipinski definition) is 6. The Morgan fingerprint density at radius 3 is 1.51 bits per heavy atom. The Balaban J connectivity index is 1.10. The fourth-order valence-electron chi connectivity index (χ4n) is 12.8. The lowest BCUT2D eigenvalue weighted by atomic mass is 9.67. The zero-order chi connectivity index (χ0) is 49.1. The Labute approximate surface area is 428 Å². The first kappa shape index (κ1) is 42.2. The van der Waals surface area contributed by atoms with E-state index >= 15 is 0 Å². The van der Waals surface area contributed by atoms with E-state index in [0.29, 0.717) is 11.4 Å². The summed E-state index contributed by atoms with van der Waals surface area (Å²) in [5.74, 6) is 0. The maximum atomic E-state index is 6.60. The van der Waals surface area contributed by atoms with Crippen molar-refractivity contribution in [3.8, 4) is 22.3 Å². The van der Waals surface area contributed by atoms with E-state index < -0.39 is 10.8 Å². The molecule has 0 saturated heterocycles. The Hall–Kier alpha value is -9.52. The molecule has 4 heterocycles. The molecule has 350 valence electrons. The van der Waals surface area contributed by atoms with Crippen LogP contribution in [0.5, 0.6) is 0 Å². The molecule has 2 aliphatic carbocycles. The van der Waals surface area contributed by atoms with Gasteiger partial charge in [0.25, 0.3) is 0 Å². The van der Waals surface area contributed by atoms with Gasteiger partial charge in [-0.15, -0.1) is 0 Å². The number of benzene rings is 9. The van der Waals surface area contributed by atoms with Gasteiger partial charge in [-0.25, -0.2) is 9.97 Å². The van der Waals surface area contributed by atoms with Gasteiger partial charge in [-0.2, -0.15) is 0 Å². The standard InChI is InChI=1S/C68H46N4O2/c1-67(2)53-38-37-47(71(45-25-11-5-12-26-45)56-33-17-35-58-61(56)49-30-19-39-69-65(49)73-58)41-51(53)52-42-55-60(48-29-15-16-32-54(48)68(55,43-21-7-3-8-22-43)44-23-9-4-10-24-44)64(63(52)67)72(46-27-13-6-14-28-46)57-34-18-36-59-62(57)50-31-20-40-70-66(50)74-59/h3-42H,1-2H3. The van der Waals surface area contributed by atoms with Gasteiger partial charge in [0.05, 0.1) is 44.0 Å². The van der Waals surface area contributed by atoms with Gasteiger partial charge in [-0.05, 0) is 141 Å². The predicted molar refractivity (Wildman–Crippen MR) is 301 cm³/mol. The van der Waals surface area contributed by atoms with Gasteiger partial charge in [-0.3, -0.25) is 0 Å². The van der Waals surface area contributed by atoms with Crippen LogP contribution >= 0.6 is 0 Å². The lowest BCUT2D eigenvalue weighted by molar-refractivity contribution is 0.653. The molecule has 6 heteroatoms. The van der Waals surface area contributed by atoms with Gasteiger partial charge < -0.3 is 18.6 Å². The van der Waals surface area contributed by atoms with Crippen molar-refractivity contribution < 1.29 is 8.83 Å². The molecule has 4 aromatic heterocycles. The van der Waals surface area contributed by atoms with Gasteiger partial charge in [0.2, 0.25) is 11.4 Å². The van der Waals surface area contributed by atoms with Crippen LogP contribution in [0.15, 0.2) is 252 Å². The molecule has 2 aliphatic rings. The molecule has 0 fully saturated rings. The molecule has 9 aromatic carbocycles. The van der Waals surface area contributed by atoms with Crippen LogP contribution in [0, 0.1) is 0 Å². The predicted octanol–water partition coefficient (Wildman–Crippen LogP) is 17.9. The molecule has 0 saturated carbocycles. The largest absolute Gasteiger partial charge is 0.438 e. The second-order valence-corrected chi connectivity index (χ2v) is 20.0. The summed E-state index contributed by atoms with van der Waals surface area (Å²) in [7, 11) is 0. The van der Waals surface area contributed by atoms with Crippen LogP contribution < -0.4 is 9.80 Å². The molecule has 15 rings (SSSR count). The van der Waals surface area contributed by atoms with Crippen LogP contribution in [0.4, 0.5) is 34.1 Å². The summed E-state index contributed by atoms with van der Waals surface area (Å²) in [4.78, 5) is 14.3. The minimum absolute atomic E-state index is 0.488. The lowest BCUT2D eigenvalue weighted by Gasteiger charge is -2.37. The Kier molecular flexibility index (Phi) is 9.12. The summed E-state index contributed by atoms with van der Waals surface area (Å²) in [6.45, 7) is 4.83. The molecule has 0 N–H and O–H groups in total. The average Bonchev–Trinajstić information content (AvgIpc) is 4.24. The van der Waals surface area contributed by atoms with Crippen molar-refractivity contribution >= 4 is 78.3 Å². The molecule has 0 aliphatic heterocycles. The molecule has 0 spiro atoms. The first-order valence-corrected chi connectivity index (χ1v) is 25.3. The number of nitrogens with zero attached hydrogens (tertiary/aromatic N) is 4. The van der Waals surface area contributed by atoms with E-state index in [0.717, 1.165) is 66.8 Å². The van der Waals surface area contributed by atoms with Crippen LogP contribution in [0.2, 0.25) is 0 Å². The van der Waals surface area contributed by atoms with Crippen LogP contribution in [0.3, 0.4) is 0 Å². The number of fused-ring (bicyclic) bond motifs is 12. The molecule has 0 amide bonds. The molecule has 0 unspecified atom stereocenters. The minimum Gasteiger partial charge on any atom is -0.438 e. The lowest BCUT2D eigenvalue weighted by Crippen LogP contribution is -2.29. The number of furan rings is 2. The highest BCUT2D eigenvalue weighted by molar-refractivity contribution is 6.15. The molecule has 0 radical (unpaired) electrons. The molecule has 0 bridgehead atoms. The van der Waals surface area contributed by atoms with E-state index in [1.165, 1.54) is 55.6 Å². The number of pyridine rings is 2. The highest BCUT2D eigenvalue weighted by atomic mass is 16.3. The van der Waals surface area contributed by atoms with E-state index in [4.69, 9.17) is 13.8 Å². The summed E-state index contributed by atoms with van der Waals surface area (Å²) >= 11 is 0. The summed E-state index contributed by atoms with van der Waals surface area (Å²) in [5.41, 5.74) is 20.1. The molecule has 13 aromatic rings. The van der Waals surface area contributed by atoms with E-state index in [2.05, 4.69) is 241 Å². The van der Waals surface area contributed by atoms with Crippen molar-refractivity contribution in [3.05, 3.63) is 276 Å². The van der Waals surface area contributed by atoms with Crippen LogP contribution in [-0.4, -0.2) is 9.97 Å². The molecule has 6 nitrogen and oxygen atoms in total. The fraction of sp³-hybridized carbons (Fsp3) is 0.0588. The monoisotopic (exact) mass is 950 g/mol. The maximum absolute atomic E-state index is 6.60. The number of aromatic nitrogens is 2. The van der Waals surface area contributed by atoms with E-state index in [1.807, 2.05) is 24.4 Å². The van der Waals surface area contributed by atoms with E-state index in [1.54, 1.807) is 6.20 Å². The quantitative estimate of drug-likeness (QED) is 0.151. The third kappa shape index (κ3) is 5.88. The van der Waals surface area contributed by atoms with E-state index in [-0.39, 0.29) is 0 Å². The number of para-hydroxylation sites is 2. The van der Waals surface area contributed by atoms with Gasteiger partial charge >= 0.3 is 0 Å². The maximum Gasteiger partial charge on any atom is 0.227 e. The van der Waals surface area contributed by atoms with Crippen molar-refractivity contribution in [1.29, 1.82) is 0 Å². The van der Waals surface area contributed by atoms with Gasteiger partial charge in [0, 0.05) is 40.4 Å². The van der Waals surface area contributed by atoms with Crippen molar-refractivity contribution in [2.24, 2.45) is 0 Å². The highest BCUT2D eigenvalue weighted by Gasteiger charge is 2.51. The summed E-state index contributed by atoms with van der Waals surface area (Å²) in [6.07, 6.45) is 3.60. The second kappa shape index (κ2) is 16.0. The number of rotatable bonds is 8. The van der Waals surface area contributed by atoms with Gasteiger partial charge in [0.1, 0.15) is 11.2 Å². The third-order valence-corrected chi connectivity index (χ3v) is 15.8. The molecule has 0 atom stereocenters. The van der Waals surface area contributed by atoms with Crippen molar-refractivity contribution in [1.82, 2.24) is 9.97 Å². The topological polar surface area (TPSA) is 58.5 Å². The zero-order valence-corrected chi connectivity index (χ0v) is 40.7. The van der Waals surface area contributed by atoms with Crippen molar-refractivity contribution in [2.45, 2.75) is 24.7 Å². The Morgan fingerprint density at radius 2 is 0.919 bits per heavy atom. The van der Waals surface area contributed by atoms with Crippen LogP contribution in [-0.2, 0) is 10.8 Å². The average molecular weight is 951 g/mol. The highest BCUT2D eigenvalue weighted by Crippen LogP contribution is 2.66. The molecule has 74 heavy (non-hydrogen) atoms. The SMILES string of the molecule is CC1(C)c2ccc(N(c3ccccc3)c3cccc4oc5ncccc5c34)cc2-c2cc3c(c(N(c4ccccc4)c4cccc5oc6ncccc6c45)c21)-c1ccccc1C3(c1ccccc1)c1ccccc1. The van der Waals surface area contributed by atoms with Gasteiger partial charge in [-0.1, -0.05) is 153 Å². The van der Waals surface area contributed by atoms with Crippen LogP contribution in [0.1, 0.15) is 47.2 Å². The first-order valence-electron chi connectivity index (χ1n) is 25.3. The summed E-state index contributed by atoms with van der Waals surface area (Å²) in [5, 5.41) is 3.97.